The Balaban J connectivity index is 1.72. The maximum Gasteiger partial charge on any atom is 0.223 e. The van der Waals surface area contributed by atoms with Crippen LogP contribution in [0.1, 0.15) is 37.1 Å². The van der Waals surface area contributed by atoms with E-state index in [1.54, 1.807) is 23.0 Å². The molecule has 128 valence electrons. The summed E-state index contributed by atoms with van der Waals surface area (Å²) < 4.78 is 20.1. The molecule has 1 aromatic carbocycles. The normalized spacial score (nSPS) is 16.8. The number of nitrogens with zero attached hydrogens (tertiary/aromatic N) is 2. The second-order valence-electron chi connectivity index (χ2n) is 6.19. The van der Waals surface area contributed by atoms with E-state index in [-0.39, 0.29) is 23.7 Å². The molecule has 24 heavy (non-hydrogen) atoms. The van der Waals surface area contributed by atoms with Gasteiger partial charge in [-0.2, -0.15) is 5.10 Å². The van der Waals surface area contributed by atoms with E-state index < -0.39 is 0 Å². The number of aromatic nitrogens is 2. The number of amides is 1. The molecular weight excluding hydrogens is 309 g/mol. The van der Waals surface area contributed by atoms with Gasteiger partial charge in [0.2, 0.25) is 5.91 Å². The molecule has 0 spiro atoms. The van der Waals surface area contributed by atoms with Gasteiger partial charge in [-0.1, -0.05) is 0 Å². The van der Waals surface area contributed by atoms with Crippen molar-refractivity contribution in [2.45, 2.75) is 32.7 Å². The average Bonchev–Trinajstić information content (AvgIpc) is 2.98. The van der Waals surface area contributed by atoms with Gasteiger partial charge in [0, 0.05) is 30.4 Å². The number of hydrogen-bond donors (Lipinski definition) is 1. The Hall–Kier alpha value is -2.21. The highest BCUT2D eigenvalue weighted by Crippen LogP contribution is 2.22. The predicted octanol–water partition coefficient (Wildman–Crippen LogP) is 2.92. The van der Waals surface area contributed by atoms with E-state index in [4.69, 9.17) is 4.74 Å². The molecule has 0 saturated carbocycles. The first-order valence-electron chi connectivity index (χ1n) is 8.25. The SMILES string of the molecule is Cc1c(C(C)NC(=O)C2CCOCC2)cnn1-c1ccc(F)cc1. The van der Waals surface area contributed by atoms with Crippen LogP contribution in [-0.4, -0.2) is 28.9 Å². The molecule has 1 aromatic heterocycles. The van der Waals surface area contributed by atoms with Crippen LogP contribution in [0.15, 0.2) is 30.5 Å². The second-order valence-corrected chi connectivity index (χ2v) is 6.19. The van der Waals surface area contributed by atoms with Gasteiger partial charge in [0.25, 0.3) is 0 Å². The summed E-state index contributed by atoms with van der Waals surface area (Å²) in [5.41, 5.74) is 2.68. The average molecular weight is 331 g/mol. The number of hydrogen-bond acceptors (Lipinski definition) is 3. The van der Waals surface area contributed by atoms with Crippen LogP contribution in [-0.2, 0) is 9.53 Å². The van der Waals surface area contributed by atoms with Crippen LogP contribution in [0.25, 0.3) is 5.69 Å². The Bertz CT molecular complexity index is 706. The molecule has 1 aliphatic heterocycles. The van der Waals surface area contributed by atoms with Gasteiger partial charge in [0.15, 0.2) is 0 Å². The lowest BCUT2D eigenvalue weighted by atomic mass is 9.98. The van der Waals surface area contributed by atoms with Gasteiger partial charge in [-0.15, -0.1) is 0 Å². The van der Waals surface area contributed by atoms with Gasteiger partial charge in [-0.05, 0) is 51.0 Å². The number of carbonyl (C=O) groups is 1. The van der Waals surface area contributed by atoms with Crippen molar-refractivity contribution in [3.63, 3.8) is 0 Å². The van der Waals surface area contributed by atoms with Crippen LogP contribution >= 0.6 is 0 Å². The van der Waals surface area contributed by atoms with Crippen molar-refractivity contribution in [2.24, 2.45) is 5.92 Å². The van der Waals surface area contributed by atoms with Crippen LogP contribution in [0.3, 0.4) is 0 Å². The minimum Gasteiger partial charge on any atom is -0.381 e. The largest absolute Gasteiger partial charge is 0.381 e. The fraction of sp³-hybridized carbons (Fsp3) is 0.444. The molecule has 1 unspecified atom stereocenters. The van der Waals surface area contributed by atoms with Crippen molar-refractivity contribution < 1.29 is 13.9 Å². The number of halogens is 1. The molecule has 2 aromatic rings. The molecule has 0 aliphatic carbocycles. The lowest BCUT2D eigenvalue weighted by molar-refractivity contribution is -0.128. The summed E-state index contributed by atoms with van der Waals surface area (Å²) in [5, 5.41) is 7.45. The first-order chi connectivity index (χ1) is 11.6. The third kappa shape index (κ3) is 3.48. The summed E-state index contributed by atoms with van der Waals surface area (Å²) in [6, 6.07) is 6.06. The molecule has 5 nitrogen and oxygen atoms in total. The number of carbonyl (C=O) groups excluding carboxylic acids is 1. The summed E-state index contributed by atoms with van der Waals surface area (Å²) in [6.45, 7) is 5.20. The maximum atomic E-state index is 13.1. The molecule has 1 fully saturated rings. The first kappa shape index (κ1) is 16.6. The van der Waals surface area contributed by atoms with E-state index in [1.165, 1.54) is 12.1 Å². The first-order valence-corrected chi connectivity index (χ1v) is 8.25. The van der Waals surface area contributed by atoms with Gasteiger partial charge >= 0.3 is 0 Å². The van der Waals surface area contributed by atoms with Gasteiger partial charge in [0.1, 0.15) is 5.82 Å². The standard InChI is InChI=1S/C18H22FN3O2/c1-12(21-18(23)14-7-9-24-10-8-14)17-11-20-22(13(17)2)16-5-3-15(19)4-6-16/h3-6,11-12,14H,7-10H2,1-2H3,(H,21,23). The van der Waals surface area contributed by atoms with Crippen molar-refractivity contribution in [2.75, 3.05) is 13.2 Å². The van der Waals surface area contributed by atoms with Gasteiger partial charge in [-0.25, -0.2) is 9.07 Å². The third-order valence-corrected chi connectivity index (χ3v) is 4.54. The lowest BCUT2D eigenvalue weighted by Crippen LogP contribution is -2.35. The molecule has 0 bridgehead atoms. The molecular formula is C18H22FN3O2. The Morgan fingerprint density at radius 2 is 2.00 bits per heavy atom. The molecule has 1 saturated heterocycles. The Labute approximate surface area is 140 Å². The van der Waals surface area contributed by atoms with Crippen molar-refractivity contribution in [3.8, 4) is 5.69 Å². The Kier molecular flexibility index (Phi) is 4.94. The summed E-state index contributed by atoms with van der Waals surface area (Å²) in [4.78, 5) is 12.4. The molecule has 6 heteroatoms. The van der Waals surface area contributed by atoms with Gasteiger partial charge in [-0.3, -0.25) is 4.79 Å². The van der Waals surface area contributed by atoms with Crippen LogP contribution < -0.4 is 5.32 Å². The highest BCUT2D eigenvalue weighted by molar-refractivity contribution is 5.79. The van der Waals surface area contributed by atoms with Gasteiger partial charge in [0.05, 0.1) is 17.9 Å². The highest BCUT2D eigenvalue weighted by Gasteiger charge is 2.24. The lowest BCUT2D eigenvalue weighted by Gasteiger charge is -2.23. The number of nitrogens with one attached hydrogen (secondary N) is 1. The molecule has 1 atom stereocenters. The maximum absolute atomic E-state index is 13.1. The van der Waals surface area contributed by atoms with E-state index in [0.29, 0.717) is 13.2 Å². The summed E-state index contributed by atoms with van der Waals surface area (Å²) in [5.74, 6) is -0.186. The molecule has 1 N–H and O–H groups in total. The van der Waals surface area contributed by atoms with E-state index >= 15 is 0 Å². The topological polar surface area (TPSA) is 56.1 Å². The van der Waals surface area contributed by atoms with Crippen molar-refractivity contribution in [1.82, 2.24) is 15.1 Å². The number of rotatable bonds is 4. The van der Waals surface area contributed by atoms with E-state index in [0.717, 1.165) is 29.8 Å². The van der Waals surface area contributed by atoms with Crippen molar-refractivity contribution in [3.05, 3.63) is 47.5 Å². The second kappa shape index (κ2) is 7.13. The highest BCUT2D eigenvalue weighted by atomic mass is 19.1. The number of ether oxygens (including phenoxy) is 1. The molecule has 2 heterocycles. The van der Waals surface area contributed by atoms with Crippen LogP contribution in [0.2, 0.25) is 0 Å². The number of benzene rings is 1. The molecule has 1 aliphatic rings. The fourth-order valence-electron chi connectivity index (χ4n) is 3.06. The van der Waals surface area contributed by atoms with E-state index in [9.17, 15) is 9.18 Å². The Morgan fingerprint density at radius 1 is 1.33 bits per heavy atom. The van der Waals surface area contributed by atoms with E-state index in [1.807, 2.05) is 13.8 Å². The monoisotopic (exact) mass is 331 g/mol. The minimum absolute atomic E-state index is 0.0219. The van der Waals surface area contributed by atoms with Crippen molar-refractivity contribution >= 4 is 5.91 Å². The predicted molar refractivity (Wildman–Crippen MR) is 88.4 cm³/mol. The minimum atomic E-state index is -0.277. The molecule has 0 radical (unpaired) electrons. The summed E-state index contributed by atoms with van der Waals surface area (Å²) >= 11 is 0. The zero-order valence-electron chi connectivity index (χ0n) is 14.0. The fourth-order valence-corrected chi connectivity index (χ4v) is 3.06. The Morgan fingerprint density at radius 3 is 2.67 bits per heavy atom. The molecule has 1 amide bonds. The molecule has 3 rings (SSSR count). The third-order valence-electron chi connectivity index (χ3n) is 4.54. The zero-order chi connectivity index (χ0) is 17.1. The van der Waals surface area contributed by atoms with Crippen LogP contribution in [0, 0.1) is 18.7 Å². The van der Waals surface area contributed by atoms with E-state index in [2.05, 4.69) is 10.4 Å². The smallest absolute Gasteiger partial charge is 0.223 e. The zero-order valence-corrected chi connectivity index (χ0v) is 14.0. The summed E-state index contributed by atoms with van der Waals surface area (Å²) in [6.07, 6.45) is 3.30. The van der Waals surface area contributed by atoms with Gasteiger partial charge < -0.3 is 10.1 Å². The van der Waals surface area contributed by atoms with Crippen LogP contribution in [0.4, 0.5) is 4.39 Å². The van der Waals surface area contributed by atoms with Crippen LogP contribution in [0.5, 0.6) is 0 Å². The quantitative estimate of drug-likeness (QED) is 0.937. The van der Waals surface area contributed by atoms with Crippen molar-refractivity contribution in [1.29, 1.82) is 0 Å². The summed E-state index contributed by atoms with van der Waals surface area (Å²) in [7, 11) is 0.